The van der Waals surface area contributed by atoms with Gasteiger partial charge in [0.25, 0.3) is 0 Å². The minimum absolute atomic E-state index is 0.554. The number of hydrogen-bond donors (Lipinski definition) is 1. The van der Waals surface area contributed by atoms with E-state index >= 15 is 0 Å². The molecule has 1 fully saturated rings. The van der Waals surface area contributed by atoms with Gasteiger partial charge < -0.3 is 10.2 Å². The van der Waals surface area contributed by atoms with Gasteiger partial charge in [-0.25, -0.2) is 0 Å². The fraction of sp³-hybridized carbons (Fsp3) is 0.667. The van der Waals surface area contributed by atoms with Crippen LogP contribution in [-0.2, 0) is 0 Å². The van der Waals surface area contributed by atoms with Crippen LogP contribution in [0.2, 0.25) is 0 Å². The first-order valence-corrected chi connectivity index (χ1v) is 8.20. The Labute approximate surface area is 124 Å². The molecule has 1 atom stereocenters. The molecule has 2 heteroatoms. The van der Waals surface area contributed by atoms with E-state index < -0.39 is 0 Å². The predicted octanol–water partition coefficient (Wildman–Crippen LogP) is 3.85. The molecule has 0 radical (unpaired) electrons. The van der Waals surface area contributed by atoms with E-state index in [2.05, 4.69) is 54.6 Å². The highest BCUT2D eigenvalue weighted by molar-refractivity contribution is 5.19. The van der Waals surface area contributed by atoms with Crippen molar-refractivity contribution < 1.29 is 0 Å². The molecule has 1 saturated carbocycles. The molecule has 0 saturated heterocycles. The van der Waals surface area contributed by atoms with Crippen LogP contribution < -0.4 is 5.32 Å². The van der Waals surface area contributed by atoms with Crippen LogP contribution in [0, 0.1) is 5.92 Å². The standard InChI is InChI=1S/C18H30N2/c1-20(2)15-9-14-19-18(16-10-5-3-6-11-16)17-12-7-4-8-13-17/h3,5-6,10-11,17-19H,4,7-9,12-15H2,1-2H3. The summed E-state index contributed by atoms with van der Waals surface area (Å²) in [6.07, 6.45) is 8.25. The Balaban J connectivity index is 1.93. The predicted molar refractivity (Wildman–Crippen MR) is 86.9 cm³/mol. The van der Waals surface area contributed by atoms with Crippen LogP contribution in [0.15, 0.2) is 30.3 Å². The van der Waals surface area contributed by atoms with E-state index in [1.165, 1.54) is 50.6 Å². The second-order valence-electron chi connectivity index (χ2n) is 6.40. The lowest BCUT2D eigenvalue weighted by atomic mass is 9.81. The number of hydrogen-bond acceptors (Lipinski definition) is 2. The van der Waals surface area contributed by atoms with Gasteiger partial charge in [-0.15, -0.1) is 0 Å². The maximum absolute atomic E-state index is 3.83. The largest absolute Gasteiger partial charge is 0.310 e. The Morgan fingerprint density at radius 1 is 1.10 bits per heavy atom. The summed E-state index contributed by atoms with van der Waals surface area (Å²) in [5.41, 5.74) is 1.48. The van der Waals surface area contributed by atoms with E-state index in [1.807, 2.05) is 0 Å². The molecular weight excluding hydrogens is 244 g/mol. The molecule has 1 aromatic carbocycles. The lowest BCUT2D eigenvalue weighted by Gasteiger charge is -2.31. The van der Waals surface area contributed by atoms with E-state index in [-0.39, 0.29) is 0 Å². The average molecular weight is 274 g/mol. The van der Waals surface area contributed by atoms with Gasteiger partial charge in [0.05, 0.1) is 0 Å². The molecule has 1 aromatic rings. The van der Waals surface area contributed by atoms with E-state index in [1.54, 1.807) is 0 Å². The van der Waals surface area contributed by atoms with Crippen molar-refractivity contribution in [3.8, 4) is 0 Å². The molecule has 20 heavy (non-hydrogen) atoms. The molecule has 0 spiro atoms. The van der Waals surface area contributed by atoms with Crippen molar-refractivity contribution in [1.82, 2.24) is 10.2 Å². The minimum Gasteiger partial charge on any atom is -0.310 e. The minimum atomic E-state index is 0.554. The smallest absolute Gasteiger partial charge is 0.0348 e. The summed E-state index contributed by atoms with van der Waals surface area (Å²) in [4.78, 5) is 2.26. The Morgan fingerprint density at radius 2 is 1.80 bits per heavy atom. The zero-order valence-electron chi connectivity index (χ0n) is 13.1. The Bertz CT molecular complexity index is 355. The third-order valence-corrected chi connectivity index (χ3v) is 4.43. The van der Waals surface area contributed by atoms with Crippen LogP contribution in [-0.4, -0.2) is 32.1 Å². The first kappa shape index (κ1) is 15.5. The van der Waals surface area contributed by atoms with Gasteiger partial charge >= 0.3 is 0 Å². The van der Waals surface area contributed by atoms with Crippen molar-refractivity contribution in [3.63, 3.8) is 0 Å². The zero-order valence-corrected chi connectivity index (χ0v) is 13.1. The van der Waals surface area contributed by atoms with Gasteiger partial charge in [-0.05, 0) is 57.9 Å². The van der Waals surface area contributed by atoms with Crippen LogP contribution >= 0.6 is 0 Å². The quantitative estimate of drug-likeness (QED) is 0.760. The SMILES string of the molecule is CN(C)CCCNC(c1ccccc1)C1CCCCC1. The maximum atomic E-state index is 3.83. The lowest BCUT2D eigenvalue weighted by molar-refractivity contribution is 0.267. The van der Waals surface area contributed by atoms with Crippen LogP contribution in [0.4, 0.5) is 0 Å². The van der Waals surface area contributed by atoms with Gasteiger partial charge in [0, 0.05) is 6.04 Å². The Morgan fingerprint density at radius 3 is 2.45 bits per heavy atom. The third-order valence-electron chi connectivity index (χ3n) is 4.43. The molecule has 1 aliphatic rings. The van der Waals surface area contributed by atoms with Crippen LogP contribution in [0.5, 0.6) is 0 Å². The highest BCUT2D eigenvalue weighted by Gasteiger charge is 2.24. The molecule has 1 aliphatic carbocycles. The monoisotopic (exact) mass is 274 g/mol. The fourth-order valence-corrected chi connectivity index (χ4v) is 3.34. The number of nitrogens with zero attached hydrogens (tertiary/aromatic N) is 1. The molecular formula is C18H30N2. The topological polar surface area (TPSA) is 15.3 Å². The van der Waals surface area contributed by atoms with Gasteiger partial charge in [0.1, 0.15) is 0 Å². The molecule has 0 amide bonds. The summed E-state index contributed by atoms with van der Waals surface area (Å²) in [6.45, 7) is 2.29. The molecule has 0 aromatic heterocycles. The second-order valence-corrected chi connectivity index (χ2v) is 6.40. The van der Waals surface area contributed by atoms with Gasteiger partial charge in [-0.2, -0.15) is 0 Å². The van der Waals surface area contributed by atoms with Crippen molar-refractivity contribution in [2.45, 2.75) is 44.6 Å². The molecule has 112 valence electrons. The molecule has 1 N–H and O–H groups in total. The summed E-state index contributed by atoms with van der Waals surface area (Å²) >= 11 is 0. The van der Waals surface area contributed by atoms with Crippen LogP contribution in [0.3, 0.4) is 0 Å². The first-order valence-electron chi connectivity index (χ1n) is 8.20. The van der Waals surface area contributed by atoms with Crippen LogP contribution in [0.25, 0.3) is 0 Å². The van der Waals surface area contributed by atoms with Crippen molar-refractivity contribution in [3.05, 3.63) is 35.9 Å². The fourth-order valence-electron chi connectivity index (χ4n) is 3.34. The van der Waals surface area contributed by atoms with Gasteiger partial charge in [0.15, 0.2) is 0 Å². The molecule has 2 nitrogen and oxygen atoms in total. The number of nitrogens with one attached hydrogen (secondary N) is 1. The van der Waals surface area contributed by atoms with Crippen molar-refractivity contribution in [1.29, 1.82) is 0 Å². The van der Waals surface area contributed by atoms with Gasteiger partial charge in [-0.3, -0.25) is 0 Å². The molecule has 1 unspecified atom stereocenters. The summed E-state index contributed by atoms with van der Waals surface area (Å²) in [6, 6.07) is 11.6. The highest BCUT2D eigenvalue weighted by Crippen LogP contribution is 2.34. The summed E-state index contributed by atoms with van der Waals surface area (Å²) in [5.74, 6) is 0.825. The summed E-state index contributed by atoms with van der Waals surface area (Å²) in [7, 11) is 4.30. The van der Waals surface area contributed by atoms with Crippen molar-refractivity contribution >= 4 is 0 Å². The Hall–Kier alpha value is -0.860. The lowest BCUT2D eigenvalue weighted by Crippen LogP contribution is -2.31. The van der Waals surface area contributed by atoms with E-state index in [9.17, 15) is 0 Å². The van der Waals surface area contributed by atoms with Gasteiger partial charge in [-0.1, -0.05) is 49.6 Å². The maximum Gasteiger partial charge on any atom is 0.0348 e. The second kappa shape index (κ2) is 8.43. The van der Waals surface area contributed by atoms with Crippen LogP contribution in [0.1, 0.15) is 50.1 Å². The van der Waals surface area contributed by atoms with E-state index in [0.29, 0.717) is 6.04 Å². The molecule has 0 bridgehead atoms. The van der Waals surface area contributed by atoms with Gasteiger partial charge in [0.2, 0.25) is 0 Å². The highest BCUT2D eigenvalue weighted by atomic mass is 15.1. The molecule has 2 rings (SSSR count). The third kappa shape index (κ3) is 4.92. The average Bonchev–Trinajstić information content (AvgIpc) is 2.49. The number of rotatable bonds is 7. The van der Waals surface area contributed by atoms with Crippen molar-refractivity contribution in [2.24, 2.45) is 5.92 Å². The van der Waals surface area contributed by atoms with E-state index in [4.69, 9.17) is 0 Å². The summed E-state index contributed by atoms with van der Waals surface area (Å²) < 4.78 is 0. The van der Waals surface area contributed by atoms with Crippen molar-refractivity contribution in [2.75, 3.05) is 27.2 Å². The Kier molecular flexibility index (Phi) is 6.55. The first-order chi connectivity index (χ1) is 9.77. The zero-order chi connectivity index (χ0) is 14.2. The number of benzene rings is 1. The van der Waals surface area contributed by atoms with E-state index in [0.717, 1.165) is 12.5 Å². The molecule has 0 heterocycles. The molecule has 0 aliphatic heterocycles. The summed E-state index contributed by atoms with van der Waals surface area (Å²) in [5, 5.41) is 3.83. The normalized spacial score (nSPS) is 18.4.